The number of imidazole rings is 1. The number of halogens is 1. The molecule has 1 aliphatic rings. The van der Waals surface area contributed by atoms with Crippen LogP contribution in [0.4, 0.5) is 0 Å². The van der Waals surface area contributed by atoms with Gasteiger partial charge in [-0.2, -0.15) is 4.31 Å². The Kier molecular flexibility index (Phi) is 5.90. The van der Waals surface area contributed by atoms with E-state index in [1.807, 2.05) is 35.0 Å². The number of hydrogen-bond donors (Lipinski definition) is 0. The molecule has 156 valence electrons. The van der Waals surface area contributed by atoms with Crippen molar-refractivity contribution in [2.45, 2.75) is 11.4 Å². The lowest BCUT2D eigenvalue weighted by Crippen LogP contribution is -2.50. The highest BCUT2D eigenvalue weighted by molar-refractivity contribution is 7.89. The maximum atomic E-state index is 12.8. The number of carbonyl (C=O) groups is 1. The van der Waals surface area contributed by atoms with Crippen LogP contribution in [0.15, 0.2) is 72.1 Å². The summed E-state index contributed by atoms with van der Waals surface area (Å²) in [6, 6.07) is 13.7. The van der Waals surface area contributed by atoms with E-state index in [4.69, 9.17) is 11.6 Å². The summed E-state index contributed by atoms with van der Waals surface area (Å²) < 4.78 is 29.0. The summed E-state index contributed by atoms with van der Waals surface area (Å²) in [5, 5.41) is 0.376. The van der Waals surface area contributed by atoms with Gasteiger partial charge in [0.15, 0.2) is 0 Å². The van der Waals surface area contributed by atoms with Gasteiger partial charge in [-0.05, 0) is 35.9 Å². The Morgan fingerprint density at radius 1 is 1.03 bits per heavy atom. The Morgan fingerprint density at radius 3 is 2.40 bits per heavy atom. The quantitative estimate of drug-likeness (QED) is 0.606. The second kappa shape index (κ2) is 8.59. The van der Waals surface area contributed by atoms with Gasteiger partial charge < -0.3 is 9.47 Å². The number of sulfonamides is 1. The summed E-state index contributed by atoms with van der Waals surface area (Å²) in [5.74, 6) is -0.0935. The molecule has 0 saturated carbocycles. The molecule has 0 spiro atoms. The fourth-order valence-electron chi connectivity index (χ4n) is 3.43. The second-order valence-electron chi connectivity index (χ2n) is 7.09. The van der Waals surface area contributed by atoms with Crippen molar-refractivity contribution in [3.05, 3.63) is 83.4 Å². The van der Waals surface area contributed by atoms with Crippen LogP contribution >= 0.6 is 11.6 Å². The van der Waals surface area contributed by atoms with Gasteiger partial charge in [0.25, 0.3) is 5.91 Å². The number of rotatable bonds is 5. The van der Waals surface area contributed by atoms with Crippen LogP contribution in [0, 0.1) is 0 Å². The minimum Gasteiger partial charge on any atom is -0.336 e. The minimum atomic E-state index is -3.63. The predicted molar refractivity (Wildman–Crippen MR) is 114 cm³/mol. The fourth-order valence-corrected chi connectivity index (χ4v) is 5.16. The smallest absolute Gasteiger partial charge is 0.253 e. The minimum absolute atomic E-state index is 0.0935. The van der Waals surface area contributed by atoms with E-state index >= 15 is 0 Å². The van der Waals surface area contributed by atoms with E-state index < -0.39 is 10.0 Å². The van der Waals surface area contributed by atoms with Crippen LogP contribution in [0.3, 0.4) is 0 Å². The highest BCUT2D eigenvalue weighted by Gasteiger charge is 2.30. The Balaban J connectivity index is 1.38. The lowest BCUT2D eigenvalue weighted by Gasteiger charge is -2.34. The zero-order valence-electron chi connectivity index (χ0n) is 16.2. The Hall–Kier alpha value is -2.68. The number of piperazine rings is 1. The van der Waals surface area contributed by atoms with Crippen LogP contribution in [0.2, 0.25) is 5.02 Å². The number of amides is 1. The normalized spacial score (nSPS) is 15.3. The van der Waals surface area contributed by atoms with Crippen LogP contribution in [-0.2, 0) is 16.6 Å². The van der Waals surface area contributed by atoms with E-state index in [2.05, 4.69) is 4.98 Å². The molecule has 0 aliphatic carbocycles. The first-order valence-corrected chi connectivity index (χ1v) is 11.3. The molecule has 0 N–H and O–H groups in total. The molecule has 3 aromatic rings. The molecular formula is C21H21ClN4O3S. The van der Waals surface area contributed by atoms with Gasteiger partial charge in [0.05, 0.1) is 11.2 Å². The fraction of sp³-hybridized carbons (Fsp3) is 0.238. The zero-order chi connectivity index (χ0) is 21.1. The average Bonchev–Trinajstić information content (AvgIpc) is 3.27. The summed E-state index contributed by atoms with van der Waals surface area (Å²) >= 11 is 5.93. The molecule has 1 aromatic heterocycles. The van der Waals surface area contributed by atoms with Crippen molar-refractivity contribution in [1.82, 2.24) is 18.8 Å². The maximum Gasteiger partial charge on any atom is 0.253 e. The van der Waals surface area contributed by atoms with E-state index in [-0.39, 0.29) is 23.9 Å². The Bertz CT molecular complexity index is 1120. The van der Waals surface area contributed by atoms with Crippen LogP contribution in [0.25, 0.3) is 0 Å². The molecular weight excluding hydrogens is 424 g/mol. The van der Waals surface area contributed by atoms with Gasteiger partial charge in [0.1, 0.15) is 0 Å². The van der Waals surface area contributed by atoms with E-state index in [1.165, 1.54) is 16.4 Å². The van der Waals surface area contributed by atoms with Gasteiger partial charge in [-0.1, -0.05) is 29.8 Å². The lowest BCUT2D eigenvalue weighted by atomic mass is 10.1. The molecule has 0 radical (unpaired) electrons. The summed E-state index contributed by atoms with van der Waals surface area (Å²) in [4.78, 5) is 18.7. The van der Waals surface area contributed by atoms with Crippen LogP contribution in [0.5, 0.6) is 0 Å². The number of hydrogen-bond acceptors (Lipinski definition) is 4. The molecule has 9 heteroatoms. The van der Waals surface area contributed by atoms with Crippen molar-refractivity contribution >= 4 is 27.5 Å². The van der Waals surface area contributed by atoms with E-state index in [0.29, 0.717) is 30.2 Å². The number of nitrogens with zero attached hydrogens (tertiary/aromatic N) is 4. The first kappa shape index (κ1) is 20.6. The van der Waals surface area contributed by atoms with Crippen molar-refractivity contribution in [3.8, 4) is 0 Å². The number of benzene rings is 2. The van der Waals surface area contributed by atoms with Crippen LogP contribution in [-0.4, -0.2) is 59.3 Å². The molecule has 2 aromatic carbocycles. The van der Waals surface area contributed by atoms with Crippen LogP contribution < -0.4 is 0 Å². The van der Waals surface area contributed by atoms with Crippen molar-refractivity contribution in [2.24, 2.45) is 0 Å². The van der Waals surface area contributed by atoms with Crippen molar-refractivity contribution in [3.63, 3.8) is 0 Å². The maximum absolute atomic E-state index is 12.8. The zero-order valence-corrected chi connectivity index (χ0v) is 17.8. The van der Waals surface area contributed by atoms with Gasteiger partial charge in [-0.15, -0.1) is 0 Å². The largest absolute Gasteiger partial charge is 0.336 e. The van der Waals surface area contributed by atoms with E-state index in [1.54, 1.807) is 29.6 Å². The Morgan fingerprint density at radius 2 is 1.77 bits per heavy atom. The number of aromatic nitrogens is 2. The summed E-state index contributed by atoms with van der Waals surface area (Å²) in [7, 11) is -3.63. The van der Waals surface area contributed by atoms with E-state index in [9.17, 15) is 13.2 Å². The lowest BCUT2D eigenvalue weighted by molar-refractivity contribution is 0.0698. The van der Waals surface area contributed by atoms with Crippen molar-refractivity contribution in [2.75, 3.05) is 26.2 Å². The second-order valence-corrected chi connectivity index (χ2v) is 9.46. The summed E-state index contributed by atoms with van der Waals surface area (Å²) in [5.41, 5.74) is 1.66. The topological polar surface area (TPSA) is 75.5 Å². The standard InChI is InChI=1S/C21H21ClN4O3S/c22-19-2-1-3-20(14-19)30(28,29)26-12-10-25(11-13-26)21(27)18-6-4-17(5-7-18)15-24-9-8-23-16-24/h1-9,14,16H,10-13,15H2. The third-order valence-electron chi connectivity index (χ3n) is 5.08. The Labute approximate surface area is 180 Å². The van der Waals surface area contributed by atoms with Gasteiger partial charge in [0.2, 0.25) is 10.0 Å². The first-order valence-electron chi connectivity index (χ1n) is 9.53. The third-order valence-corrected chi connectivity index (χ3v) is 7.21. The molecule has 1 saturated heterocycles. The third kappa shape index (κ3) is 4.40. The molecule has 4 rings (SSSR count). The van der Waals surface area contributed by atoms with E-state index in [0.717, 1.165) is 5.56 Å². The average molecular weight is 445 g/mol. The summed E-state index contributed by atoms with van der Waals surface area (Å²) in [6.07, 6.45) is 5.36. The molecule has 30 heavy (non-hydrogen) atoms. The van der Waals surface area contributed by atoms with Crippen molar-refractivity contribution in [1.29, 1.82) is 0 Å². The molecule has 1 fully saturated rings. The highest BCUT2D eigenvalue weighted by atomic mass is 35.5. The molecule has 0 unspecified atom stereocenters. The monoisotopic (exact) mass is 444 g/mol. The van der Waals surface area contributed by atoms with Crippen molar-refractivity contribution < 1.29 is 13.2 Å². The van der Waals surface area contributed by atoms with Gasteiger partial charge in [0, 0.05) is 55.7 Å². The molecule has 1 amide bonds. The SMILES string of the molecule is O=C(c1ccc(Cn2ccnc2)cc1)N1CCN(S(=O)(=O)c2cccc(Cl)c2)CC1. The number of carbonyl (C=O) groups excluding carboxylic acids is 1. The highest BCUT2D eigenvalue weighted by Crippen LogP contribution is 2.21. The van der Waals surface area contributed by atoms with Crippen LogP contribution in [0.1, 0.15) is 15.9 Å². The molecule has 1 aliphatic heterocycles. The molecule has 0 atom stereocenters. The molecule has 2 heterocycles. The first-order chi connectivity index (χ1) is 14.4. The molecule has 7 nitrogen and oxygen atoms in total. The van der Waals surface area contributed by atoms with Gasteiger partial charge in [-0.25, -0.2) is 13.4 Å². The predicted octanol–water partition coefficient (Wildman–Crippen LogP) is 2.73. The van der Waals surface area contributed by atoms with Gasteiger partial charge >= 0.3 is 0 Å². The van der Waals surface area contributed by atoms with Gasteiger partial charge in [-0.3, -0.25) is 4.79 Å². The summed E-state index contributed by atoms with van der Waals surface area (Å²) in [6.45, 7) is 1.87. The molecule has 0 bridgehead atoms.